The first kappa shape index (κ1) is 13.7. The molecule has 0 unspecified atom stereocenters. The highest BCUT2D eigenvalue weighted by molar-refractivity contribution is 5.79. The summed E-state index contributed by atoms with van der Waals surface area (Å²) >= 11 is 0. The largest absolute Gasteiger partial charge is 0.409 e. The molecule has 0 aromatic heterocycles. The average Bonchev–Trinajstić information content (AvgIpc) is 3.22. The number of nitrogens with two attached hydrogens (primary N) is 1. The van der Waals surface area contributed by atoms with Gasteiger partial charge in [-0.2, -0.15) is 0 Å². The van der Waals surface area contributed by atoms with E-state index in [9.17, 15) is 8.78 Å². The lowest BCUT2D eigenvalue weighted by molar-refractivity contribution is 0.255. The molecule has 1 aliphatic carbocycles. The fourth-order valence-corrected chi connectivity index (χ4v) is 2.02. The van der Waals surface area contributed by atoms with Gasteiger partial charge in [0.1, 0.15) is 17.5 Å². The Morgan fingerprint density at radius 2 is 2.16 bits per heavy atom. The van der Waals surface area contributed by atoms with Gasteiger partial charge in [-0.3, -0.25) is 4.90 Å². The number of rotatable bonds is 6. The zero-order valence-corrected chi connectivity index (χ0v) is 10.5. The van der Waals surface area contributed by atoms with Gasteiger partial charge in [0.2, 0.25) is 0 Å². The Balaban J connectivity index is 2.02. The minimum Gasteiger partial charge on any atom is -0.409 e. The molecule has 0 amide bonds. The van der Waals surface area contributed by atoms with E-state index in [4.69, 9.17) is 10.9 Å². The third kappa shape index (κ3) is 3.89. The van der Waals surface area contributed by atoms with Crippen molar-refractivity contribution in [3.8, 4) is 0 Å². The zero-order chi connectivity index (χ0) is 13.8. The molecule has 0 spiro atoms. The molecule has 6 heteroatoms. The van der Waals surface area contributed by atoms with Gasteiger partial charge in [0.15, 0.2) is 0 Å². The van der Waals surface area contributed by atoms with E-state index in [0.29, 0.717) is 31.1 Å². The number of hydrogen-bond donors (Lipinski definition) is 2. The van der Waals surface area contributed by atoms with Gasteiger partial charge in [0.05, 0.1) is 0 Å². The molecule has 19 heavy (non-hydrogen) atoms. The van der Waals surface area contributed by atoms with Crippen LogP contribution in [0.15, 0.2) is 23.4 Å². The summed E-state index contributed by atoms with van der Waals surface area (Å²) in [5.41, 5.74) is 5.77. The highest BCUT2D eigenvalue weighted by Gasteiger charge is 2.29. The number of benzene rings is 1. The number of amidine groups is 1. The second kappa shape index (κ2) is 5.97. The molecular weight excluding hydrogens is 252 g/mol. The van der Waals surface area contributed by atoms with Crippen molar-refractivity contribution in [3.63, 3.8) is 0 Å². The Morgan fingerprint density at radius 3 is 2.79 bits per heavy atom. The molecular formula is C13H17F2N3O. The van der Waals surface area contributed by atoms with Crippen molar-refractivity contribution >= 4 is 5.84 Å². The van der Waals surface area contributed by atoms with E-state index in [1.807, 2.05) is 4.90 Å². The lowest BCUT2D eigenvalue weighted by Gasteiger charge is -2.22. The van der Waals surface area contributed by atoms with E-state index in [2.05, 4.69) is 5.16 Å². The second-order valence-corrected chi connectivity index (χ2v) is 4.78. The lowest BCUT2D eigenvalue weighted by Crippen LogP contribution is -2.30. The van der Waals surface area contributed by atoms with Gasteiger partial charge < -0.3 is 10.9 Å². The van der Waals surface area contributed by atoms with Gasteiger partial charge in [-0.25, -0.2) is 8.78 Å². The molecule has 0 atom stereocenters. The highest BCUT2D eigenvalue weighted by atomic mass is 19.1. The summed E-state index contributed by atoms with van der Waals surface area (Å²) in [5.74, 6) is -0.704. The Hall–Kier alpha value is -1.69. The highest BCUT2D eigenvalue weighted by Crippen LogP contribution is 2.29. The smallest absolute Gasteiger partial charge is 0.140 e. The summed E-state index contributed by atoms with van der Waals surface area (Å²) in [7, 11) is 0. The van der Waals surface area contributed by atoms with Crippen molar-refractivity contribution in [2.45, 2.75) is 31.8 Å². The van der Waals surface area contributed by atoms with Crippen molar-refractivity contribution < 1.29 is 14.0 Å². The minimum atomic E-state index is -0.441. The normalized spacial score (nSPS) is 16.1. The number of oxime groups is 1. The predicted molar refractivity (Wildman–Crippen MR) is 67.8 cm³/mol. The molecule has 2 rings (SSSR count). The zero-order valence-electron chi connectivity index (χ0n) is 10.5. The molecule has 0 bridgehead atoms. The van der Waals surface area contributed by atoms with E-state index in [-0.39, 0.29) is 5.84 Å². The topological polar surface area (TPSA) is 61.8 Å². The first-order valence-corrected chi connectivity index (χ1v) is 6.24. The first-order valence-electron chi connectivity index (χ1n) is 6.24. The SMILES string of the molecule is NC(CCN(Cc1cc(F)ccc1F)C1CC1)=NO. The van der Waals surface area contributed by atoms with E-state index in [0.717, 1.165) is 25.0 Å². The maximum atomic E-state index is 13.6. The standard InChI is InChI=1S/C13H17F2N3O/c14-10-1-4-12(15)9(7-10)8-18(11-2-3-11)6-5-13(16)17-19/h1,4,7,11,19H,2-3,5-6,8H2,(H2,16,17). The fraction of sp³-hybridized carbons (Fsp3) is 0.462. The van der Waals surface area contributed by atoms with E-state index in [1.165, 1.54) is 6.07 Å². The van der Waals surface area contributed by atoms with Gasteiger partial charge in [-0.1, -0.05) is 5.16 Å². The quantitative estimate of drug-likeness (QED) is 0.360. The van der Waals surface area contributed by atoms with Crippen LogP contribution in [0.3, 0.4) is 0 Å². The number of halogens is 2. The molecule has 1 aromatic rings. The van der Waals surface area contributed by atoms with Crippen LogP contribution in [0.25, 0.3) is 0 Å². The fourth-order valence-electron chi connectivity index (χ4n) is 2.02. The summed E-state index contributed by atoms with van der Waals surface area (Å²) < 4.78 is 26.7. The van der Waals surface area contributed by atoms with Gasteiger partial charge in [0, 0.05) is 31.1 Å². The van der Waals surface area contributed by atoms with Crippen molar-refractivity contribution in [2.75, 3.05) is 6.54 Å². The first-order chi connectivity index (χ1) is 9.10. The Kier molecular flexibility index (Phi) is 4.31. The van der Waals surface area contributed by atoms with Gasteiger partial charge in [-0.15, -0.1) is 0 Å². The van der Waals surface area contributed by atoms with E-state index >= 15 is 0 Å². The molecule has 0 saturated heterocycles. The van der Waals surface area contributed by atoms with Crippen molar-refractivity contribution in [1.82, 2.24) is 4.90 Å². The molecule has 104 valence electrons. The monoisotopic (exact) mass is 269 g/mol. The van der Waals surface area contributed by atoms with Crippen LogP contribution in [0.2, 0.25) is 0 Å². The number of nitrogens with zero attached hydrogens (tertiary/aromatic N) is 2. The van der Waals surface area contributed by atoms with Crippen LogP contribution in [0, 0.1) is 11.6 Å². The molecule has 0 aliphatic heterocycles. The van der Waals surface area contributed by atoms with Gasteiger partial charge >= 0.3 is 0 Å². The Bertz CT molecular complexity index is 475. The van der Waals surface area contributed by atoms with Crippen molar-refractivity contribution in [2.24, 2.45) is 10.9 Å². The van der Waals surface area contributed by atoms with Crippen LogP contribution in [0.4, 0.5) is 8.78 Å². The molecule has 1 saturated carbocycles. The lowest BCUT2D eigenvalue weighted by atomic mass is 10.2. The predicted octanol–water partition coefficient (Wildman–Crippen LogP) is 2.07. The third-order valence-corrected chi connectivity index (χ3v) is 3.23. The number of hydrogen-bond acceptors (Lipinski definition) is 3. The van der Waals surface area contributed by atoms with Crippen LogP contribution in [0.5, 0.6) is 0 Å². The van der Waals surface area contributed by atoms with E-state index < -0.39 is 11.6 Å². The maximum Gasteiger partial charge on any atom is 0.140 e. The summed E-state index contributed by atoms with van der Waals surface area (Å²) in [4.78, 5) is 2.04. The molecule has 3 N–H and O–H groups in total. The summed E-state index contributed by atoms with van der Waals surface area (Å²) in [6, 6.07) is 3.85. The maximum absolute atomic E-state index is 13.6. The minimum absolute atomic E-state index is 0.144. The third-order valence-electron chi connectivity index (χ3n) is 3.23. The van der Waals surface area contributed by atoms with Crippen molar-refractivity contribution in [1.29, 1.82) is 0 Å². The molecule has 4 nitrogen and oxygen atoms in total. The van der Waals surface area contributed by atoms with Crippen molar-refractivity contribution in [3.05, 3.63) is 35.4 Å². The summed E-state index contributed by atoms with van der Waals surface area (Å²) in [5, 5.41) is 11.4. The van der Waals surface area contributed by atoms with Crippen LogP contribution in [0.1, 0.15) is 24.8 Å². The second-order valence-electron chi connectivity index (χ2n) is 4.78. The molecule has 0 heterocycles. The molecule has 1 aromatic carbocycles. The molecule has 1 fully saturated rings. The van der Waals surface area contributed by atoms with Gasteiger partial charge in [-0.05, 0) is 31.0 Å². The van der Waals surface area contributed by atoms with Crippen LogP contribution in [-0.4, -0.2) is 28.5 Å². The summed E-state index contributed by atoms with van der Waals surface area (Å²) in [6.45, 7) is 0.906. The van der Waals surface area contributed by atoms with Crippen LogP contribution >= 0.6 is 0 Å². The van der Waals surface area contributed by atoms with Crippen LogP contribution in [-0.2, 0) is 6.54 Å². The Labute approximate surface area is 110 Å². The van der Waals surface area contributed by atoms with Gasteiger partial charge in [0.25, 0.3) is 0 Å². The average molecular weight is 269 g/mol. The Morgan fingerprint density at radius 1 is 1.42 bits per heavy atom. The van der Waals surface area contributed by atoms with E-state index in [1.54, 1.807) is 0 Å². The molecule has 0 radical (unpaired) electrons. The summed E-state index contributed by atoms with van der Waals surface area (Å²) in [6.07, 6.45) is 2.50. The van der Waals surface area contributed by atoms with Crippen LogP contribution < -0.4 is 5.73 Å². The molecule has 1 aliphatic rings.